The minimum atomic E-state index is 0. The third kappa shape index (κ3) is 4.57. The van der Waals surface area contributed by atoms with Crippen LogP contribution in [0.4, 0.5) is 0 Å². The zero-order chi connectivity index (χ0) is 15.4. The molecule has 0 saturated carbocycles. The zero-order valence-electron chi connectivity index (χ0n) is 12.5. The van der Waals surface area contributed by atoms with Gasteiger partial charge in [0.15, 0.2) is 0 Å². The van der Waals surface area contributed by atoms with Crippen molar-refractivity contribution in [2.45, 2.75) is 11.8 Å². The Morgan fingerprint density at radius 3 is 2.00 bits per heavy atom. The summed E-state index contributed by atoms with van der Waals surface area (Å²) in [4.78, 5) is 0. The Labute approximate surface area is 166 Å². The van der Waals surface area contributed by atoms with Gasteiger partial charge in [0, 0.05) is 0 Å². The largest absolute Gasteiger partial charge is 2.00 e. The molecule has 2 aromatic carbocycles. The van der Waals surface area contributed by atoms with Crippen molar-refractivity contribution in [3.05, 3.63) is 106 Å². The van der Waals surface area contributed by atoms with E-state index in [1.807, 2.05) is 30.3 Å². The average Bonchev–Trinajstić information content (AvgIpc) is 3.27. The molecule has 2 aliphatic rings. The minimum absolute atomic E-state index is 0. The third-order valence-electron chi connectivity index (χ3n) is 3.79. The summed E-state index contributed by atoms with van der Waals surface area (Å²) in [6.07, 6.45) is 17.1. The van der Waals surface area contributed by atoms with Gasteiger partial charge in [0.05, 0.1) is 0 Å². The quantitative estimate of drug-likeness (QED) is 0.486. The molecule has 0 heterocycles. The maximum Gasteiger partial charge on any atom is 2.00 e. The Balaban J connectivity index is 0.000000234. The molecule has 23 heavy (non-hydrogen) atoms. The summed E-state index contributed by atoms with van der Waals surface area (Å²) in [6.45, 7) is 0. The van der Waals surface area contributed by atoms with Gasteiger partial charge in [-0.05, 0) is 11.8 Å². The van der Waals surface area contributed by atoms with Crippen LogP contribution < -0.4 is 0 Å². The van der Waals surface area contributed by atoms with Crippen LogP contribution in [0.3, 0.4) is 0 Å². The molecule has 114 valence electrons. The van der Waals surface area contributed by atoms with Crippen molar-refractivity contribution in [2.75, 3.05) is 0 Å². The van der Waals surface area contributed by atoms with E-state index >= 15 is 0 Å². The molecule has 0 nitrogen and oxygen atoms in total. The molecule has 0 fully saturated rings. The van der Waals surface area contributed by atoms with Crippen molar-refractivity contribution in [3.63, 3.8) is 0 Å². The van der Waals surface area contributed by atoms with Crippen molar-refractivity contribution >= 4 is 23.2 Å². The molecule has 0 aliphatic heterocycles. The number of allylic oxidation sites excluding steroid dienone is 8. The predicted octanol–water partition coefficient (Wildman–Crippen LogP) is 6.53. The summed E-state index contributed by atoms with van der Waals surface area (Å²) in [7, 11) is 0. The van der Waals surface area contributed by atoms with Crippen LogP contribution in [0, 0.1) is 0 Å². The van der Waals surface area contributed by atoms with Gasteiger partial charge in [-0.1, -0.05) is 58.7 Å². The average molecular weight is 418 g/mol. The summed E-state index contributed by atoms with van der Waals surface area (Å²) >= 11 is 11.7. The molecule has 0 spiro atoms. The van der Waals surface area contributed by atoms with Crippen molar-refractivity contribution in [1.29, 1.82) is 0 Å². The fraction of sp³-hybridized carbons (Fsp3) is 0.100. The number of hydrogen-bond donors (Lipinski definition) is 0. The molecule has 0 N–H and O–H groups in total. The Morgan fingerprint density at radius 2 is 1.52 bits per heavy atom. The normalized spacial score (nSPS) is 15.7. The van der Waals surface area contributed by atoms with Crippen LogP contribution >= 0.6 is 23.2 Å². The number of hydrogen-bond acceptors (Lipinski definition) is 0. The van der Waals surface area contributed by atoms with E-state index in [0.29, 0.717) is 11.8 Å². The fourth-order valence-corrected chi connectivity index (χ4v) is 3.18. The monoisotopic (exact) mass is 416 g/mol. The minimum Gasteiger partial charge on any atom is -0.212 e. The van der Waals surface area contributed by atoms with Crippen LogP contribution in [0.15, 0.2) is 85.0 Å². The summed E-state index contributed by atoms with van der Waals surface area (Å²) in [6, 6.07) is 11.7. The van der Waals surface area contributed by atoms with Gasteiger partial charge in [-0.2, -0.15) is 41.4 Å². The van der Waals surface area contributed by atoms with Crippen LogP contribution in [0.5, 0.6) is 0 Å². The Morgan fingerprint density at radius 1 is 0.913 bits per heavy atom. The van der Waals surface area contributed by atoms with E-state index in [9.17, 15) is 0 Å². The molecule has 2 aliphatic carbocycles. The van der Waals surface area contributed by atoms with E-state index in [-0.39, 0.29) is 26.2 Å². The molecule has 0 saturated heterocycles. The molecule has 0 amide bonds. The van der Waals surface area contributed by atoms with Gasteiger partial charge in [0.2, 0.25) is 0 Å². The maximum atomic E-state index is 6.29. The Kier molecular flexibility index (Phi) is 7.09. The Bertz CT molecular complexity index is 706. The van der Waals surface area contributed by atoms with Crippen LogP contribution in [0.1, 0.15) is 23.0 Å². The molecular formula is C20H16Cl2Zr. The first kappa shape index (κ1) is 18.5. The van der Waals surface area contributed by atoms with E-state index in [4.69, 9.17) is 23.2 Å². The van der Waals surface area contributed by atoms with E-state index < -0.39 is 0 Å². The van der Waals surface area contributed by atoms with E-state index in [2.05, 4.69) is 54.7 Å². The smallest absolute Gasteiger partial charge is 0.212 e. The first-order chi connectivity index (χ1) is 10.8. The second-order valence-corrected chi connectivity index (χ2v) is 6.09. The second-order valence-electron chi connectivity index (χ2n) is 5.24. The predicted molar refractivity (Wildman–Crippen MR) is 96.1 cm³/mol. The summed E-state index contributed by atoms with van der Waals surface area (Å²) < 4.78 is 0. The molecule has 3 heteroatoms. The van der Waals surface area contributed by atoms with E-state index in [1.165, 1.54) is 11.1 Å². The molecule has 0 radical (unpaired) electrons. The van der Waals surface area contributed by atoms with Crippen LogP contribution in [-0.2, 0) is 26.2 Å². The second kappa shape index (κ2) is 8.83. The molecule has 2 aromatic rings. The van der Waals surface area contributed by atoms with Gasteiger partial charge in [-0.15, -0.1) is 17.2 Å². The van der Waals surface area contributed by atoms with Gasteiger partial charge in [0.25, 0.3) is 0 Å². The van der Waals surface area contributed by atoms with Gasteiger partial charge in [0.1, 0.15) is 0 Å². The van der Waals surface area contributed by atoms with Crippen LogP contribution in [0.2, 0.25) is 10.0 Å². The third-order valence-corrected chi connectivity index (χ3v) is 4.37. The summed E-state index contributed by atoms with van der Waals surface area (Å²) in [5.41, 5.74) is 2.59. The molecule has 0 aromatic heterocycles. The molecule has 4 rings (SSSR count). The number of halogens is 2. The maximum absolute atomic E-state index is 6.29. The summed E-state index contributed by atoms with van der Waals surface area (Å²) in [5, 5.41) is 1.69. The van der Waals surface area contributed by atoms with Crippen molar-refractivity contribution < 1.29 is 26.2 Å². The van der Waals surface area contributed by atoms with Crippen LogP contribution in [0.25, 0.3) is 0 Å². The molecule has 0 bridgehead atoms. The van der Waals surface area contributed by atoms with Crippen molar-refractivity contribution in [1.82, 2.24) is 0 Å². The van der Waals surface area contributed by atoms with Crippen molar-refractivity contribution in [2.24, 2.45) is 0 Å². The zero-order valence-corrected chi connectivity index (χ0v) is 16.5. The summed E-state index contributed by atoms with van der Waals surface area (Å²) in [5.74, 6) is 0.741. The number of rotatable bonds is 2. The van der Waals surface area contributed by atoms with Crippen molar-refractivity contribution in [3.8, 4) is 0 Å². The fourth-order valence-electron chi connectivity index (χ4n) is 2.74. The van der Waals surface area contributed by atoms with Gasteiger partial charge in [-0.25, -0.2) is 12.1 Å². The SMILES string of the molecule is Cl[c-]1ccc(C2C=CC=C2)c1C1C=CC=C1.Clc1ccc[cH-]1.[Zr+2]. The Hall–Kier alpha value is -0.877. The van der Waals surface area contributed by atoms with E-state index in [1.54, 1.807) is 0 Å². The van der Waals surface area contributed by atoms with Gasteiger partial charge in [-0.3, -0.25) is 0 Å². The van der Waals surface area contributed by atoms with Crippen LogP contribution in [-0.4, -0.2) is 0 Å². The van der Waals surface area contributed by atoms with Gasteiger partial charge < -0.3 is 0 Å². The first-order valence-electron chi connectivity index (χ1n) is 7.28. The molecular weight excluding hydrogens is 402 g/mol. The van der Waals surface area contributed by atoms with E-state index in [0.717, 1.165) is 10.0 Å². The molecule has 0 atom stereocenters. The standard InChI is InChI=1S/C15H12Cl.C5H4Cl.Zr/c16-14-10-9-13(11-5-1-2-6-11)15(14)12-7-3-4-8-12;6-5-3-1-2-4-5;/h1-12H;1-4H;/q2*-1;+2. The van der Waals surface area contributed by atoms with Gasteiger partial charge >= 0.3 is 26.2 Å². The first-order valence-corrected chi connectivity index (χ1v) is 8.03. The molecule has 0 unspecified atom stereocenters. The topological polar surface area (TPSA) is 0 Å².